The van der Waals surface area contributed by atoms with Crippen LogP contribution in [0.3, 0.4) is 0 Å². The number of aromatic hydroxyl groups is 1. The molecular weight excluding hydrogens is 859 g/mol. The normalized spacial score (nSPS) is 13.7. The summed E-state index contributed by atoms with van der Waals surface area (Å²) >= 11 is 0. The number of nitrogen functional groups attached to an aromatic ring is 3. The van der Waals surface area contributed by atoms with Crippen molar-refractivity contribution in [2.24, 2.45) is 20.5 Å². The molecule has 13 N–H and O–H groups in total. The molecule has 0 spiro atoms. The Kier molecular flexibility index (Phi) is 10.3. The smallest absolute Gasteiger partial charge is 0.296 e. The largest absolute Gasteiger partial charge is 0.505 e. The molecule has 0 saturated heterocycles. The Morgan fingerprint density at radius 3 is 1.06 bits per heavy atom. The van der Waals surface area contributed by atoms with Crippen molar-refractivity contribution >= 4 is 111 Å². The number of rotatable bonds is 10. The Morgan fingerprint density at radius 1 is 0.407 bits per heavy atom. The van der Waals surface area contributed by atoms with Crippen LogP contribution in [0, 0.1) is 0 Å². The van der Waals surface area contributed by atoms with Crippen molar-refractivity contribution in [2.75, 3.05) is 17.2 Å². The number of nitrogens with zero attached hydrogens (tertiary/aromatic N) is 4. The number of benzene rings is 4. The van der Waals surface area contributed by atoms with Crippen molar-refractivity contribution in [3.8, 4) is 5.75 Å². The summed E-state index contributed by atoms with van der Waals surface area (Å²) in [6.45, 7) is 0. The van der Waals surface area contributed by atoms with Crippen LogP contribution in [0.2, 0.25) is 0 Å². The molecule has 4 rings (SSSR count). The molecule has 0 atom stereocenters. The van der Waals surface area contributed by atoms with E-state index in [0.29, 0.717) is 24.3 Å². The van der Waals surface area contributed by atoms with E-state index in [-0.39, 0.29) is 12.1 Å². The third-order valence-corrected chi connectivity index (χ3v) is 12.0. The van der Waals surface area contributed by atoms with Gasteiger partial charge in [-0.3, -0.25) is 27.3 Å². The molecule has 0 aliphatic rings. The van der Waals surface area contributed by atoms with Crippen LogP contribution in [0.25, 0.3) is 10.8 Å². The minimum atomic E-state index is -5.55. The van der Waals surface area contributed by atoms with Gasteiger partial charge >= 0.3 is 0 Å². The van der Waals surface area contributed by atoms with Gasteiger partial charge < -0.3 is 22.3 Å². The highest BCUT2D eigenvalue weighted by Gasteiger charge is 2.30. The van der Waals surface area contributed by atoms with Gasteiger partial charge in [0.1, 0.15) is 52.1 Å². The average molecular weight is 878 g/mol. The lowest BCUT2D eigenvalue weighted by Gasteiger charge is -2.14. The van der Waals surface area contributed by atoms with E-state index in [1.807, 2.05) is 0 Å². The number of hydrogen-bond acceptors (Lipinski definition) is 20. The minimum absolute atomic E-state index is 0.127. The molecule has 4 aromatic carbocycles. The lowest BCUT2D eigenvalue weighted by molar-refractivity contribution is 0.471. The summed E-state index contributed by atoms with van der Waals surface area (Å²) in [5, 5.41) is 23.1. The summed E-state index contributed by atoms with van der Waals surface area (Å²) in [4.78, 5) is -8.05. The second kappa shape index (κ2) is 13.4. The number of fused-ring (bicyclic) bond motifs is 1. The maximum Gasteiger partial charge on any atom is 0.296 e. The topological polar surface area (TPSA) is 474 Å². The lowest BCUT2D eigenvalue weighted by Crippen LogP contribution is -2.07. The number of anilines is 3. The zero-order chi connectivity index (χ0) is 41.3. The van der Waals surface area contributed by atoms with Crippen molar-refractivity contribution in [3.63, 3.8) is 0 Å². The first kappa shape index (κ1) is 41.8. The molecule has 32 heteroatoms. The van der Waals surface area contributed by atoms with E-state index in [0.717, 1.165) is 0 Å². The summed E-state index contributed by atoms with van der Waals surface area (Å²) in [5.41, 5.74) is 9.56. The Bertz CT molecular complexity index is 2870. The van der Waals surface area contributed by atoms with Gasteiger partial charge in [0.25, 0.3) is 60.7 Å². The van der Waals surface area contributed by atoms with E-state index in [2.05, 4.69) is 20.5 Å². The quantitative estimate of drug-likeness (QED) is 0.0614. The maximum absolute atomic E-state index is 12.4. The molecule has 0 unspecified atom stereocenters. The average Bonchev–Trinajstić information content (AvgIpc) is 2.96. The van der Waals surface area contributed by atoms with Gasteiger partial charge in [-0.2, -0.15) is 50.5 Å². The van der Waals surface area contributed by atoms with E-state index in [1.165, 1.54) is 0 Å². The second-order valence-electron chi connectivity index (χ2n) is 10.3. The number of nitrogens with two attached hydrogens (primary N) is 3. The van der Waals surface area contributed by atoms with Crippen LogP contribution in [-0.2, 0) is 60.7 Å². The summed E-state index contributed by atoms with van der Waals surface area (Å²) < 4.78 is 202. The van der Waals surface area contributed by atoms with Crippen LogP contribution < -0.4 is 17.2 Å². The molecule has 0 radical (unpaired) electrons. The van der Waals surface area contributed by atoms with E-state index in [4.69, 9.17) is 17.2 Å². The molecule has 0 fully saturated rings. The van der Waals surface area contributed by atoms with Gasteiger partial charge in [-0.05, 0) is 41.8 Å². The Hall–Kier alpha value is -5.00. The predicted octanol–water partition coefficient (Wildman–Crippen LogP) is 1.60. The van der Waals surface area contributed by atoms with Crippen LogP contribution in [0.4, 0.5) is 39.8 Å². The predicted molar refractivity (Wildman–Crippen MR) is 179 cm³/mol. The van der Waals surface area contributed by atoms with E-state index in [1.54, 1.807) is 0 Å². The van der Waals surface area contributed by atoms with Gasteiger partial charge in [-0.25, -0.2) is 0 Å². The Labute approximate surface area is 302 Å². The molecule has 0 aliphatic heterocycles. The fourth-order valence-electron chi connectivity index (χ4n) is 4.46. The fourth-order valence-corrected chi connectivity index (χ4v) is 8.45. The maximum atomic E-state index is 12.4. The third-order valence-electron chi connectivity index (χ3n) is 6.68. The van der Waals surface area contributed by atoms with Gasteiger partial charge in [-0.1, -0.05) is 0 Å². The Balaban J connectivity index is 2.11. The van der Waals surface area contributed by atoms with Crippen LogP contribution in [0.5, 0.6) is 5.75 Å². The van der Waals surface area contributed by atoms with Crippen molar-refractivity contribution < 1.29 is 82.9 Å². The second-order valence-corrected chi connectivity index (χ2v) is 18.6. The van der Waals surface area contributed by atoms with Crippen molar-refractivity contribution in [3.05, 3.63) is 36.4 Å². The first-order valence-corrected chi connectivity index (χ1v) is 21.6. The van der Waals surface area contributed by atoms with E-state index in [9.17, 15) is 82.9 Å². The molecule has 0 amide bonds. The molecule has 0 saturated carbocycles. The standard InChI is InChI=1S/C22H19N7O19S6/c23-8-3-10(14(51(37,38)39)5-12(8)49(31,32)33)26-28-20-16(53(43,44)45)1-7-2-17(54(46,47)48)21(22(30)18(7)19(20)25)29-27-11-4-9(24)13(50(34,35)36)6-15(11)52(40,41)42/h1-6,30H,23-25H2,(H,31,32,33)(H,34,35,36)(H,37,38,39)(H,40,41,42)(H,43,44,45)(H,46,47,48). The molecule has 54 heavy (non-hydrogen) atoms. The number of hydrogen-bond donors (Lipinski definition) is 10. The lowest BCUT2D eigenvalue weighted by atomic mass is 10.1. The van der Waals surface area contributed by atoms with Crippen LogP contribution >= 0.6 is 0 Å². The van der Waals surface area contributed by atoms with E-state index < -0.39 is 146 Å². The van der Waals surface area contributed by atoms with Crippen LogP contribution in [0.1, 0.15) is 0 Å². The molecule has 4 aromatic rings. The van der Waals surface area contributed by atoms with Crippen molar-refractivity contribution in [1.82, 2.24) is 0 Å². The van der Waals surface area contributed by atoms with Gasteiger partial charge in [-0.15, -0.1) is 20.5 Å². The van der Waals surface area contributed by atoms with Crippen LogP contribution in [-0.4, -0.2) is 82.9 Å². The van der Waals surface area contributed by atoms with Crippen molar-refractivity contribution in [2.45, 2.75) is 29.4 Å². The molecule has 0 aromatic heterocycles. The number of phenols is 1. The zero-order valence-corrected chi connectivity index (χ0v) is 30.4. The molecule has 292 valence electrons. The third kappa shape index (κ3) is 8.37. The highest BCUT2D eigenvalue weighted by Crippen LogP contribution is 2.49. The summed E-state index contributed by atoms with van der Waals surface area (Å²) in [5.74, 6) is -1.45. The highest BCUT2D eigenvalue weighted by molar-refractivity contribution is 7.87. The fraction of sp³-hybridized carbons (Fsp3) is 0. The van der Waals surface area contributed by atoms with Gasteiger partial charge in [0, 0.05) is 0 Å². The summed E-state index contributed by atoms with van der Waals surface area (Å²) in [7, 11) is -32.4. The van der Waals surface area contributed by atoms with Gasteiger partial charge in [0.15, 0.2) is 5.75 Å². The van der Waals surface area contributed by atoms with Crippen molar-refractivity contribution in [1.29, 1.82) is 0 Å². The van der Waals surface area contributed by atoms with E-state index >= 15 is 0 Å². The molecule has 0 bridgehead atoms. The highest BCUT2D eigenvalue weighted by atomic mass is 32.2. The number of phenolic OH excluding ortho intramolecular Hbond substituents is 1. The van der Waals surface area contributed by atoms with Gasteiger partial charge in [0.05, 0.1) is 22.4 Å². The summed E-state index contributed by atoms with van der Waals surface area (Å²) in [6, 6.07) is 1.86. The number of azo groups is 2. The van der Waals surface area contributed by atoms with Crippen LogP contribution in [0.15, 0.2) is 86.2 Å². The molecule has 0 heterocycles. The monoisotopic (exact) mass is 877 g/mol. The SMILES string of the molecule is Nc1cc(N=Nc2c(S(=O)(=O)O)cc3cc(S(=O)(=O)O)c(N=Nc4cc(N)c(S(=O)(=O)O)cc4S(=O)(=O)O)c(O)c3c2N)c(S(=O)(=O)O)cc1S(=O)(=O)O. The summed E-state index contributed by atoms with van der Waals surface area (Å²) in [6.07, 6.45) is 0. The first-order valence-electron chi connectivity index (χ1n) is 12.9. The minimum Gasteiger partial charge on any atom is -0.505 e. The first-order chi connectivity index (χ1) is 24.2. The Morgan fingerprint density at radius 2 is 0.722 bits per heavy atom. The van der Waals surface area contributed by atoms with Gasteiger partial charge in [0.2, 0.25) is 0 Å². The molecule has 0 aliphatic carbocycles. The molecule has 26 nitrogen and oxygen atoms in total. The molecular formula is C22H19N7O19S6. The zero-order valence-electron chi connectivity index (χ0n) is 25.5.